The van der Waals surface area contributed by atoms with Crippen LogP contribution < -0.4 is 0 Å². The maximum atomic E-state index is 4.24. The highest BCUT2D eigenvalue weighted by Crippen LogP contribution is 2.39. The number of hydrogen-bond acceptors (Lipinski definition) is 2. The van der Waals surface area contributed by atoms with Gasteiger partial charge in [-0.15, -0.1) is 0 Å². The molecule has 0 atom stereocenters. The predicted molar refractivity (Wildman–Crippen MR) is 61.0 cm³/mol. The van der Waals surface area contributed by atoms with Crippen LogP contribution in [0.5, 0.6) is 0 Å². The van der Waals surface area contributed by atoms with E-state index in [2.05, 4.69) is 19.1 Å². The number of aryl methyl sites for hydroxylation is 2. The second-order valence-electron chi connectivity index (χ2n) is 4.44. The van der Waals surface area contributed by atoms with Gasteiger partial charge in [0.25, 0.3) is 0 Å². The Labute approximate surface area is 94.9 Å². The van der Waals surface area contributed by atoms with E-state index in [0.29, 0.717) is 0 Å². The Morgan fingerprint density at radius 2 is 2.12 bits per heavy atom. The quantitative estimate of drug-likeness (QED) is 0.766. The average Bonchev–Trinajstić information content (AvgIpc) is 2.82. The molecule has 4 heteroatoms. The van der Waals surface area contributed by atoms with Gasteiger partial charge in [-0.1, -0.05) is 0 Å². The fourth-order valence-electron chi connectivity index (χ4n) is 2.08. The molecule has 4 nitrogen and oxygen atoms in total. The first-order chi connectivity index (χ1) is 7.93. The Balaban J connectivity index is 1.56. The third-order valence-electron chi connectivity index (χ3n) is 3.11. The van der Waals surface area contributed by atoms with Crippen molar-refractivity contribution in [1.29, 1.82) is 0 Å². The average molecular weight is 216 g/mol. The first-order valence-electron chi connectivity index (χ1n) is 5.89. The van der Waals surface area contributed by atoms with E-state index in [4.69, 9.17) is 0 Å². The van der Waals surface area contributed by atoms with Gasteiger partial charge in [0.2, 0.25) is 0 Å². The van der Waals surface area contributed by atoms with Crippen molar-refractivity contribution in [2.24, 2.45) is 0 Å². The summed E-state index contributed by atoms with van der Waals surface area (Å²) in [5.41, 5.74) is 1.42. The van der Waals surface area contributed by atoms with Crippen molar-refractivity contribution in [2.45, 2.75) is 38.3 Å². The number of aromatic nitrogens is 4. The maximum Gasteiger partial charge on any atom is 0.0948 e. The van der Waals surface area contributed by atoms with E-state index in [0.717, 1.165) is 25.4 Å². The van der Waals surface area contributed by atoms with E-state index in [-0.39, 0.29) is 0 Å². The third kappa shape index (κ3) is 2.01. The van der Waals surface area contributed by atoms with Gasteiger partial charge in [0, 0.05) is 43.3 Å². The van der Waals surface area contributed by atoms with Crippen LogP contribution in [-0.4, -0.2) is 19.1 Å². The van der Waals surface area contributed by atoms with E-state index < -0.39 is 0 Å². The van der Waals surface area contributed by atoms with Crippen molar-refractivity contribution in [3.8, 4) is 0 Å². The van der Waals surface area contributed by atoms with Crippen LogP contribution in [-0.2, 0) is 13.1 Å². The molecule has 0 aliphatic heterocycles. The van der Waals surface area contributed by atoms with Crippen LogP contribution in [0.25, 0.3) is 0 Å². The molecular formula is C12H16N4. The number of imidazole rings is 2. The Hall–Kier alpha value is -1.58. The summed E-state index contributed by atoms with van der Waals surface area (Å²) in [6, 6.07) is 0. The Morgan fingerprint density at radius 1 is 1.19 bits per heavy atom. The highest BCUT2D eigenvalue weighted by molar-refractivity contribution is 5.12. The van der Waals surface area contributed by atoms with E-state index in [9.17, 15) is 0 Å². The second kappa shape index (κ2) is 4.12. The van der Waals surface area contributed by atoms with Crippen LogP contribution in [0.15, 0.2) is 31.2 Å². The van der Waals surface area contributed by atoms with Crippen molar-refractivity contribution in [2.75, 3.05) is 0 Å². The van der Waals surface area contributed by atoms with Gasteiger partial charge in [-0.25, -0.2) is 9.97 Å². The largest absolute Gasteiger partial charge is 0.337 e. The summed E-state index contributed by atoms with van der Waals surface area (Å²) < 4.78 is 4.42. The zero-order valence-electron chi connectivity index (χ0n) is 9.29. The molecule has 0 aromatic carbocycles. The lowest BCUT2D eigenvalue weighted by Gasteiger charge is -2.07. The molecule has 0 spiro atoms. The molecule has 16 heavy (non-hydrogen) atoms. The summed E-state index contributed by atoms with van der Waals surface area (Å²) in [5, 5.41) is 0. The minimum Gasteiger partial charge on any atom is -0.337 e. The summed E-state index contributed by atoms with van der Waals surface area (Å²) >= 11 is 0. The van der Waals surface area contributed by atoms with Crippen molar-refractivity contribution >= 4 is 0 Å². The van der Waals surface area contributed by atoms with E-state index in [1.807, 2.05) is 31.2 Å². The van der Waals surface area contributed by atoms with Crippen LogP contribution >= 0.6 is 0 Å². The van der Waals surface area contributed by atoms with Gasteiger partial charge in [-0.05, 0) is 19.3 Å². The molecule has 1 aliphatic carbocycles. The van der Waals surface area contributed by atoms with Gasteiger partial charge in [-0.3, -0.25) is 0 Å². The molecule has 1 fully saturated rings. The summed E-state index contributed by atoms with van der Waals surface area (Å²) in [6.07, 6.45) is 13.5. The highest BCUT2D eigenvalue weighted by Gasteiger charge is 2.26. The fraction of sp³-hybridized carbons (Fsp3) is 0.500. The molecule has 0 bridgehead atoms. The van der Waals surface area contributed by atoms with Crippen molar-refractivity contribution in [3.63, 3.8) is 0 Å². The minimum atomic E-state index is 0.788. The predicted octanol–water partition coefficient (Wildman–Crippen LogP) is 2.05. The third-order valence-corrected chi connectivity index (χ3v) is 3.11. The first kappa shape index (κ1) is 9.63. The summed E-state index contributed by atoms with van der Waals surface area (Å²) in [6.45, 7) is 2.09. The lowest BCUT2D eigenvalue weighted by Crippen LogP contribution is -2.04. The van der Waals surface area contributed by atoms with E-state index in [1.54, 1.807) is 0 Å². The minimum absolute atomic E-state index is 0.788. The van der Waals surface area contributed by atoms with Crippen molar-refractivity contribution in [3.05, 3.63) is 36.9 Å². The number of hydrogen-bond donors (Lipinski definition) is 0. The van der Waals surface area contributed by atoms with Crippen molar-refractivity contribution in [1.82, 2.24) is 19.1 Å². The second-order valence-corrected chi connectivity index (χ2v) is 4.44. The smallest absolute Gasteiger partial charge is 0.0948 e. The molecule has 0 N–H and O–H groups in total. The number of nitrogens with zero attached hydrogens (tertiary/aromatic N) is 4. The van der Waals surface area contributed by atoms with Gasteiger partial charge in [-0.2, -0.15) is 0 Å². The van der Waals surface area contributed by atoms with Crippen LogP contribution in [0, 0.1) is 0 Å². The summed E-state index contributed by atoms with van der Waals surface area (Å²) in [5.74, 6) is 0.788. The standard InChI is InChI=1S/C12H16N4/c1(5-15-7-4-13-9-15)6-16-10-14-8-12(16)11-2-3-11/h4,7-11H,1-3,5-6H2. The van der Waals surface area contributed by atoms with Crippen LogP contribution in [0.2, 0.25) is 0 Å². The molecule has 0 amide bonds. The molecular weight excluding hydrogens is 200 g/mol. The van der Waals surface area contributed by atoms with Gasteiger partial charge >= 0.3 is 0 Å². The first-order valence-corrected chi connectivity index (χ1v) is 5.89. The van der Waals surface area contributed by atoms with E-state index in [1.165, 1.54) is 18.5 Å². The molecule has 0 radical (unpaired) electrons. The summed E-state index contributed by atoms with van der Waals surface area (Å²) in [4.78, 5) is 8.28. The van der Waals surface area contributed by atoms with E-state index >= 15 is 0 Å². The lowest BCUT2D eigenvalue weighted by atomic mass is 10.3. The van der Waals surface area contributed by atoms with Crippen molar-refractivity contribution < 1.29 is 0 Å². The summed E-state index contributed by atoms with van der Waals surface area (Å²) in [7, 11) is 0. The Bertz CT molecular complexity index is 439. The molecule has 2 heterocycles. The molecule has 0 unspecified atom stereocenters. The van der Waals surface area contributed by atoms with Crippen LogP contribution in [0.1, 0.15) is 30.9 Å². The normalized spacial score (nSPS) is 15.5. The maximum absolute atomic E-state index is 4.24. The zero-order valence-corrected chi connectivity index (χ0v) is 9.29. The number of rotatable bonds is 5. The molecule has 0 saturated heterocycles. The molecule has 1 saturated carbocycles. The SMILES string of the molecule is c1cn(CCCn2cncc2C2CC2)cn1. The Morgan fingerprint density at radius 3 is 2.88 bits per heavy atom. The Kier molecular flexibility index (Phi) is 2.48. The van der Waals surface area contributed by atoms with Gasteiger partial charge in [0.05, 0.1) is 12.7 Å². The van der Waals surface area contributed by atoms with Gasteiger partial charge in [0.15, 0.2) is 0 Å². The van der Waals surface area contributed by atoms with Crippen LogP contribution in [0.3, 0.4) is 0 Å². The zero-order chi connectivity index (χ0) is 10.8. The van der Waals surface area contributed by atoms with Gasteiger partial charge < -0.3 is 9.13 Å². The molecule has 1 aliphatic rings. The molecule has 2 aromatic rings. The monoisotopic (exact) mass is 216 g/mol. The lowest BCUT2D eigenvalue weighted by molar-refractivity contribution is 0.551. The molecule has 84 valence electrons. The fourth-order valence-corrected chi connectivity index (χ4v) is 2.08. The van der Waals surface area contributed by atoms with Gasteiger partial charge in [0.1, 0.15) is 0 Å². The topological polar surface area (TPSA) is 35.6 Å². The van der Waals surface area contributed by atoms with Crippen LogP contribution in [0.4, 0.5) is 0 Å². The highest BCUT2D eigenvalue weighted by atomic mass is 15.1. The molecule has 2 aromatic heterocycles. The molecule has 3 rings (SSSR count).